The molecule has 0 atom stereocenters. The van der Waals surface area contributed by atoms with Crippen molar-refractivity contribution in [3.63, 3.8) is 0 Å². The molecule has 0 aliphatic heterocycles. The normalized spacial score (nSPS) is 12.0. The molecule has 1 rings (SSSR count). The van der Waals surface area contributed by atoms with Gasteiger partial charge in [-0.1, -0.05) is 20.8 Å². The molecule has 0 bridgehead atoms. The fraction of sp³-hybridized carbons (Fsp3) is 0.667. The highest BCUT2D eigenvalue weighted by atomic mass is 19.3. The zero-order valence-corrected chi connectivity index (χ0v) is 13.0. The molecule has 0 saturated carbocycles. The lowest BCUT2D eigenvalue weighted by Crippen LogP contribution is -2.43. The fourth-order valence-corrected chi connectivity index (χ4v) is 2.18. The summed E-state index contributed by atoms with van der Waals surface area (Å²) in [5.41, 5.74) is 5.82. The van der Waals surface area contributed by atoms with Gasteiger partial charge in [0.05, 0.1) is 6.54 Å². The highest BCUT2D eigenvalue weighted by Crippen LogP contribution is 2.18. The minimum absolute atomic E-state index is 0.203. The maximum Gasteiger partial charge on any atom is 0.270 e. The predicted molar refractivity (Wildman–Crippen MR) is 79.5 cm³/mol. The molecule has 0 aliphatic rings. The number of hydrogen-bond acceptors (Lipinski definition) is 2. The summed E-state index contributed by atoms with van der Waals surface area (Å²) in [6, 6.07) is 3.20. The number of alkyl halides is 2. The van der Waals surface area contributed by atoms with Crippen LogP contribution in [0.3, 0.4) is 0 Å². The predicted octanol–water partition coefficient (Wildman–Crippen LogP) is 2.59. The molecule has 0 aromatic carbocycles. The molecule has 1 aromatic rings. The smallest absolute Gasteiger partial charge is 0.270 e. The van der Waals surface area contributed by atoms with Crippen LogP contribution >= 0.6 is 0 Å². The SMILES string of the molecule is CCCN(CC(C)(C)CN)C(=O)c1cccn1CC(F)F. The molecule has 1 amide bonds. The van der Waals surface area contributed by atoms with Crippen LogP contribution in [0.15, 0.2) is 18.3 Å². The van der Waals surface area contributed by atoms with Gasteiger partial charge in [-0.15, -0.1) is 0 Å². The van der Waals surface area contributed by atoms with Crippen molar-refractivity contribution in [1.82, 2.24) is 9.47 Å². The minimum atomic E-state index is -2.48. The van der Waals surface area contributed by atoms with Crippen LogP contribution in [0.4, 0.5) is 8.78 Å². The lowest BCUT2D eigenvalue weighted by atomic mass is 9.93. The van der Waals surface area contributed by atoms with E-state index in [1.54, 1.807) is 17.0 Å². The van der Waals surface area contributed by atoms with Crippen molar-refractivity contribution in [2.24, 2.45) is 11.1 Å². The largest absolute Gasteiger partial charge is 0.338 e. The van der Waals surface area contributed by atoms with Gasteiger partial charge in [0.25, 0.3) is 12.3 Å². The molecule has 1 heterocycles. The average molecular weight is 301 g/mol. The van der Waals surface area contributed by atoms with Crippen molar-refractivity contribution in [3.8, 4) is 0 Å². The van der Waals surface area contributed by atoms with Crippen LogP contribution in [0.5, 0.6) is 0 Å². The van der Waals surface area contributed by atoms with E-state index in [2.05, 4.69) is 0 Å². The minimum Gasteiger partial charge on any atom is -0.338 e. The molecule has 0 spiro atoms. The van der Waals surface area contributed by atoms with Gasteiger partial charge in [0.15, 0.2) is 0 Å². The van der Waals surface area contributed by atoms with Gasteiger partial charge in [-0.2, -0.15) is 0 Å². The third-order valence-electron chi connectivity index (χ3n) is 3.34. The highest BCUT2D eigenvalue weighted by Gasteiger charge is 2.25. The molecule has 120 valence electrons. The molecule has 4 nitrogen and oxygen atoms in total. The Morgan fingerprint density at radius 2 is 2.14 bits per heavy atom. The summed E-state index contributed by atoms with van der Waals surface area (Å²) in [6.07, 6.45) is -0.163. The van der Waals surface area contributed by atoms with E-state index in [0.717, 1.165) is 6.42 Å². The van der Waals surface area contributed by atoms with Gasteiger partial charge >= 0.3 is 0 Å². The quantitative estimate of drug-likeness (QED) is 0.802. The summed E-state index contributed by atoms with van der Waals surface area (Å²) >= 11 is 0. The summed E-state index contributed by atoms with van der Waals surface area (Å²) in [4.78, 5) is 14.3. The summed E-state index contributed by atoms with van der Waals surface area (Å²) in [7, 11) is 0. The van der Waals surface area contributed by atoms with Gasteiger partial charge in [-0.05, 0) is 30.5 Å². The van der Waals surface area contributed by atoms with Crippen molar-refractivity contribution in [1.29, 1.82) is 0 Å². The van der Waals surface area contributed by atoms with Crippen LogP contribution in [0, 0.1) is 5.41 Å². The maximum atomic E-state index is 12.6. The Balaban J connectivity index is 2.93. The van der Waals surface area contributed by atoms with Crippen molar-refractivity contribution in [3.05, 3.63) is 24.0 Å². The monoisotopic (exact) mass is 301 g/mol. The van der Waals surface area contributed by atoms with Crippen LogP contribution in [0.25, 0.3) is 0 Å². The number of nitrogens with two attached hydrogens (primary N) is 1. The summed E-state index contributed by atoms with van der Waals surface area (Å²) in [6.45, 7) is 7.04. The van der Waals surface area contributed by atoms with Gasteiger partial charge in [0.2, 0.25) is 0 Å². The topological polar surface area (TPSA) is 51.3 Å². The standard InChI is InChI=1S/C15H25F2N3O/c1-4-7-20(11-15(2,3)10-18)14(21)12-6-5-8-19(12)9-13(16)17/h5-6,8,13H,4,7,9-11,18H2,1-3H3. The second kappa shape index (κ2) is 7.54. The maximum absolute atomic E-state index is 12.6. The Morgan fingerprint density at radius 3 is 2.67 bits per heavy atom. The third-order valence-corrected chi connectivity index (χ3v) is 3.34. The first-order chi connectivity index (χ1) is 9.80. The van der Waals surface area contributed by atoms with Gasteiger partial charge < -0.3 is 15.2 Å². The van der Waals surface area contributed by atoms with Crippen molar-refractivity contribution in [2.45, 2.75) is 40.2 Å². The molecule has 0 fully saturated rings. The molecule has 2 N–H and O–H groups in total. The van der Waals surface area contributed by atoms with Gasteiger partial charge in [0.1, 0.15) is 5.69 Å². The van der Waals surface area contributed by atoms with E-state index in [0.29, 0.717) is 25.3 Å². The van der Waals surface area contributed by atoms with Crippen LogP contribution in [0.1, 0.15) is 37.7 Å². The van der Waals surface area contributed by atoms with E-state index in [4.69, 9.17) is 5.73 Å². The highest BCUT2D eigenvalue weighted by molar-refractivity contribution is 5.92. The number of aromatic nitrogens is 1. The van der Waals surface area contributed by atoms with Gasteiger partial charge in [-0.3, -0.25) is 4.79 Å². The second-order valence-electron chi connectivity index (χ2n) is 6.03. The molecule has 1 aromatic heterocycles. The second-order valence-corrected chi connectivity index (χ2v) is 6.03. The molecule has 0 radical (unpaired) electrons. The Bertz CT molecular complexity index is 458. The summed E-state index contributed by atoms with van der Waals surface area (Å²) in [5.74, 6) is -0.218. The zero-order chi connectivity index (χ0) is 16.0. The number of amides is 1. The lowest BCUT2D eigenvalue weighted by Gasteiger charge is -2.32. The number of carbonyl (C=O) groups excluding carboxylic acids is 1. The first kappa shape index (κ1) is 17.6. The molecule has 0 unspecified atom stereocenters. The van der Waals surface area contributed by atoms with E-state index < -0.39 is 13.0 Å². The Kier molecular flexibility index (Phi) is 6.33. The number of nitrogens with zero attached hydrogens (tertiary/aromatic N) is 2. The molecule has 21 heavy (non-hydrogen) atoms. The Morgan fingerprint density at radius 1 is 1.48 bits per heavy atom. The Hall–Kier alpha value is -1.43. The van der Waals surface area contributed by atoms with Crippen molar-refractivity contribution >= 4 is 5.91 Å². The number of halogens is 2. The number of rotatable bonds is 8. The van der Waals surface area contributed by atoms with Gasteiger partial charge in [-0.25, -0.2) is 8.78 Å². The number of carbonyl (C=O) groups is 1. The zero-order valence-electron chi connectivity index (χ0n) is 13.0. The van der Waals surface area contributed by atoms with E-state index in [1.807, 2.05) is 20.8 Å². The van der Waals surface area contributed by atoms with Crippen LogP contribution in [0.2, 0.25) is 0 Å². The lowest BCUT2D eigenvalue weighted by molar-refractivity contribution is 0.0669. The molecule has 0 saturated heterocycles. The van der Waals surface area contributed by atoms with E-state index in [1.165, 1.54) is 10.8 Å². The van der Waals surface area contributed by atoms with E-state index >= 15 is 0 Å². The molecular weight excluding hydrogens is 276 g/mol. The van der Waals surface area contributed by atoms with Gasteiger partial charge in [0, 0.05) is 19.3 Å². The first-order valence-corrected chi connectivity index (χ1v) is 7.23. The van der Waals surface area contributed by atoms with E-state index in [9.17, 15) is 13.6 Å². The van der Waals surface area contributed by atoms with Crippen LogP contribution < -0.4 is 5.73 Å². The molecular formula is C15H25F2N3O. The molecule has 0 aliphatic carbocycles. The average Bonchev–Trinajstić information content (AvgIpc) is 2.84. The Labute approximate surface area is 124 Å². The van der Waals surface area contributed by atoms with Crippen molar-refractivity contribution < 1.29 is 13.6 Å². The summed E-state index contributed by atoms with van der Waals surface area (Å²) in [5, 5.41) is 0. The van der Waals surface area contributed by atoms with Crippen LogP contribution in [-0.4, -0.2) is 41.4 Å². The van der Waals surface area contributed by atoms with Crippen molar-refractivity contribution in [2.75, 3.05) is 19.6 Å². The number of hydrogen-bond donors (Lipinski definition) is 1. The van der Waals surface area contributed by atoms with E-state index in [-0.39, 0.29) is 11.3 Å². The fourth-order valence-electron chi connectivity index (χ4n) is 2.18. The molecule has 6 heteroatoms. The third kappa shape index (κ3) is 5.12. The first-order valence-electron chi connectivity index (χ1n) is 7.23. The van der Waals surface area contributed by atoms with Crippen LogP contribution in [-0.2, 0) is 6.54 Å². The summed E-state index contributed by atoms with van der Waals surface area (Å²) < 4.78 is 26.4.